The third-order valence-corrected chi connectivity index (χ3v) is 8.20. The Hall–Kier alpha value is -1.42. The van der Waals surface area contributed by atoms with Crippen LogP contribution in [-0.4, -0.2) is 50.0 Å². The van der Waals surface area contributed by atoms with Gasteiger partial charge in [0.05, 0.1) is 27.0 Å². The second-order valence-electron chi connectivity index (χ2n) is 8.24. The third-order valence-electron chi connectivity index (χ3n) is 5.46. The number of rotatable bonds is 10. The van der Waals surface area contributed by atoms with Gasteiger partial charge in [-0.05, 0) is 50.1 Å². The van der Waals surface area contributed by atoms with Crippen LogP contribution in [0.15, 0.2) is 30.3 Å². The molecule has 0 saturated carbocycles. The number of nitrogens with zero attached hydrogens (tertiary/aromatic N) is 2. The summed E-state index contributed by atoms with van der Waals surface area (Å²) in [4.78, 5) is 27.8. The Labute approximate surface area is 236 Å². The highest BCUT2D eigenvalue weighted by Gasteiger charge is 2.31. The van der Waals surface area contributed by atoms with E-state index < -0.39 is 34.4 Å². The lowest BCUT2D eigenvalue weighted by molar-refractivity contribution is -0.139. The van der Waals surface area contributed by atoms with Gasteiger partial charge in [0.2, 0.25) is 21.8 Å². The highest BCUT2D eigenvalue weighted by atomic mass is 35.5. The van der Waals surface area contributed by atoms with Crippen molar-refractivity contribution in [3.8, 4) is 0 Å². The fraction of sp³-hybridized carbons (Fsp3) is 0.391. The fourth-order valence-electron chi connectivity index (χ4n) is 3.18. The van der Waals surface area contributed by atoms with Crippen molar-refractivity contribution in [1.29, 1.82) is 0 Å². The van der Waals surface area contributed by atoms with Crippen LogP contribution in [0.1, 0.15) is 32.8 Å². The quantitative estimate of drug-likeness (QED) is 0.329. The molecule has 0 aliphatic heterocycles. The number of benzene rings is 2. The molecule has 0 bridgehead atoms. The third kappa shape index (κ3) is 8.04. The summed E-state index contributed by atoms with van der Waals surface area (Å²) in [5.41, 5.74) is 0.499. The van der Waals surface area contributed by atoms with Gasteiger partial charge in [0.25, 0.3) is 0 Å². The first-order valence-electron chi connectivity index (χ1n) is 10.8. The zero-order chi connectivity index (χ0) is 27.4. The topological polar surface area (TPSA) is 86.8 Å². The molecule has 2 aromatic rings. The maximum Gasteiger partial charge on any atom is 0.244 e. The molecule has 36 heavy (non-hydrogen) atoms. The number of carbonyl (C=O) groups is 2. The Balaban J connectivity index is 2.49. The number of nitrogens with one attached hydrogen (secondary N) is 1. The van der Waals surface area contributed by atoms with E-state index in [9.17, 15) is 18.0 Å². The van der Waals surface area contributed by atoms with Crippen molar-refractivity contribution in [2.24, 2.45) is 0 Å². The highest BCUT2D eigenvalue weighted by Crippen LogP contribution is 2.35. The van der Waals surface area contributed by atoms with Crippen molar-refractivity contribution in [1.82, 2.24) is 10.2 Å². The molecule has 2 aromatic carbocycles. The minimum atomic E-state index is -4.00. The number of sulfonamides is 1. The van der Waals surface area contributed by atoms with Crippen LogP contribution in [0.4, 0.5) is 5.69 Å². The van der Waals surface area contributed by atoms with E-state index in [0.29, 0.717) is 22.0 Å². The van der Waals surface area contributed by atoms with E-state index in [1.807, 2.05) is 13.8 Å². The first-order chi connectivity index (χ1) is 16.6. The van der Waals surface area contributed by atoms with E-state index in [0.717, 1.165) is 10.6 Å². The molecule has 1 N–H and O–H groups in total. The molecule has 0 spiro atoms. The van der Waals surface area contributed by atoms with Crippen molar-refractivity contribution < 1.29 is 18.0 Å². The van der Waals surface area contributed by atoms with Crippen LogP contribution in [-0.2, 0) is 26.2 Å². The zero-order valence-electron chi connectivity index (χ0n) is 20.0. The summed E-state index contributed by atoms with van der Waals surface area (Å²) in [6.07, 6.45) is 1.62. The molecule has 2 atom stereocenters. The largest absolute Gasteiger partial charge is 0.352 e. The van der Waals surface area contributed by atoms with Crippen molar-refractivity contribution in [2.75, 3.05) is 17.1 Å². The lowest BCUT2D eigenvalue weighted by Gasteiger charge is -2.32. The Bertz CT molecular complexity index is 1240. The molecule has 0 fully saturated rings. The molecular weight excluding hydrogens is 592 g/mol. The van der Waals surface area contributed by atoms with Gasteiger partial charge >= 0.3 is 0 Å². The van der Waals surface area contributed by atoms with Gasteiger partial charge in [-0.2, -0.15) is 0 Å². The van der Waals surface area contributed by atoms with Gasteiger partial charge in [0.15, 0.2) is 0 Å². The molecule has 0 aromatic heterocycles. The summed E-state index contributed by atoms with van der Waals surface area (Å²) in [6, 6.07) is 6.23. The summed E-state index contributed by atoms with van der Waals surface area (Å²) in [7, 11) is -4.00. The van der Waals surface area contributed by atoms with E-state index in [1.54, 1.807) is 19.1 Å². The maximum atomic E-state index is 13.6. The predicted molar refractivity (Wildman–Crippen MR) is 148 cm³/mol. The van der Waals surface area contributed by atoms with E-state index in [2.05, 4.69) is 5.32 Å². The monoisotopic (exact) mass is 615 g/mol. The van der Waals surface area contributed by atoms with Gasteiger partial charge in [0.1, 0.15) is 12.6 Å². The SMILES string of the molecule is CC[C@H](C)NC(=O)[C@H](C)N(Cc1ccc(Cl)cc1Cl)C(=O)CN(c1cc(Cl)c(Cl)cc1Cl)S(C)(=O)=O. The standard InChI is InChI=1S/C23H26Cl5N3O4S/c1-5-13(2)29-23(33)14(3)30(11-15-6-7-16(24)8-17(15)25)22(32)12-31(36(4,34)35)21-10-19(27)18(26)9-20(21)28/h6-10,13-14H,5,11-12H2,1-4H3,(H,29,33)/t13-,14-/m0/s1. The van der Waals surface area contributed by atoms with Crippen LogP contribution in [0.2, 0.25) is 25.1 Å². The first kappa shape index (κ1) is 30.8. The fourth-order valence-corrected chi connectivity index (χ4v) is 5.19. The van der Waals surface area contributed by atoms with Gasteiger partial charge < -0.3 is 10.2 Å². The molecule has 0 heterocycles. The average molecular weight is 618 g/mol. The molecular formula is C23H26Cl5N3O4S. The van der Waals surface area contributed by atoms with Gasteiger partial charge in [0, 0.05) is 22.6 Å². The minimum Gasteiger partial charge on any atom is -0.352 e. The smallest absolute Gasteiger partial charge is 0.244 e. The van der Waals surface area contributed by atoms with E-state index in [-0.39, 0.29) is 33.3 Å². The Morgan fingerprint density at radius 1 is 0.944 bits per heavy atom. The van der Waals surface area contributed by atoms with E-state index in [1.165, 1.54) is 23.1 Å². The van der Waals surface area contributed by atoms with Crippen molar-refractivity contribution >= 4 is 85.5 Å². The zero-order valence-corrected chi connectivity index (χ0v) is 24.6. The van der Waals surface area contributed by atoms with Crippen molar-refractivity contribution in [3.05, 3.63) is 61.0 Å². The van der Waals surface area contributed by atoms with Gasteiger partial charge in [-0.1, -0.05) is 71.0 Å². The van der Waals surface area contributed by atoms with Gasteiger partial charge in [-0.15, -0.1) is 0 Å². The number of carbonyl (C=O) groups excluding carboxylic acids is 2. The van der Waals surface area contributed by atoms with Crippen LogP contribution < -0.4 is 9.62 Å². The molecule has 0 aliphatic rings. The molecule has 2 amide bonds. The van der Waals surface area contributed by atoms with Gasteiger partial charge in [-0.3, -0.25) is 13.9 Å². The second-order valence-corrected chi connectivity index (χ2v) is 12.2. The molecule has 7 nitrogen and oxygen atoms in total. The minimum absolute atomic E-state index is 0.0162. The number of halogens is 5. The molecule has 0 unspecified atom stereocenters. The second kappa shape index (κ2) is 12.9. The summed E-state index contributed by atoms with van der Waals surface area (Å²) < 4.78 is 26.2. The molecule has 198 valence electrons. The van der Waals surface area contributed by atoms with Crippen LogP contribution in [0.3, 0.4) is 0 Å². The normalized spacial score (nSPS) is 13.1. The molecule has 0 radical (unpaired) electrons. The average Bonchev–Trinajstić information content (AvgIpc) is 2.78. The lowest BCUT2D eigenvalue weighted by Crippen LogP contribution is -2.52. The number of hydrogen-bond acceptors (Lipinski definition) is 4. The van der Waals surface area contributed by atoms with Crippen molar-refractivity contribution in [3.63, 3.8) is 0 Å². The first-order valence-corrected chi connectivity index (χ1v) is 14.6. The molecule has 0 saturated heterocycles. The maximum absolute atomic E-state index is 13.6. The molecule has 0 aliphatic carbocycles. The summed E-state index contributed by atoms with van der Waals surface area (Å²) in [5.74, 6) is -1.07. The predicted octanol–water partition coefficient (Wildman–Crippen LogP) is 6.05. The summed E-state index contributed by atoms with van der Waals surface area (Å²) in [5, 5.41) is 3.71. The van der Waals surface area contributed by atoms with Crippen LogP contribution in [0.5, 0.6) is 0 Å². The summed E-state index contributed by atoms with van der Waals surface area (Å²) >= 11 is 30.6. The number of hydrogen-bond donors (Lipinski definition) is 1. The lowest BCUT2D eigenvalue weighted by atomic mass is 10.1. The van der Waals surface area contributed by atoms with Crippen LogP contribution in [0, 0.1) is 0 Å². The Morgan fingerprint density at radius 2 is 1.56 bits per heavy atom. The number of anilines is 1. The highest BCUT2D eigenvalue weighted by molar-refractivity contribution is 7.92. The molecule has 13 heteroatoms. The summed E-state index contributed by atoms with van der Waals surface area (Å²) in [6.45, 7) is 4.58. The Morgan fingerprint density at radius 3 is 2.11 bits per heavy atom. The van der Waals surface area contributed by atoms with E-state index >= 15 is 0 Å². The van der Waals surface area contributed by atoms with Crippen LogP contribution in [0.25, 0.3) is 0 Å². The van der Waals surface area contributed by atoms with E-state index in [4.69, 9.17) is 58.0 Å². The Kier molecular flexibility index (Phi) is 11.0. The number of amides is 2. The van der Waals surface area contributed by atoms with Crippen LogP contribution >= 0.6 is 58.0 Å². The van der Waals surface area contributed by atoms with Crippen molar-refractivity contribution in [2.45, 2.75) is 45.8 Å². The molecule has 2 rings (SSSR count). The van der Waals surface area contributed by atoms with Gasteiger partial charge in [-0.25, -0.2) is 8.42 Å².